The number of aromatic nitrogens is 2. The Labute approximate surface area is 143 Å². The molecule has 4 rings (SSSR count). The monoisotopic (exact) mass is 345 g/mol. The second-order valence-electron chi connectivity index (χ2n) is 6.43. The van der Waals surface area contributed by atoms with Gasteiger partial charge in [0.15, 0.2) is 0 Å². The van der Waals surface area contributed by atoms with Gasteiger partial charge in [0.05, 0.1) is 23.1 Å². The maximum Gasteiger partial charge on any atom is 0.416 e. The number of alkyl halides is 3. The lowest BCUT2D eigenvalue weighted by Gasteiger charge is -2.19. The molecule has 0 unspecified atom stereocenters. The van der Waals surface area contributed by atoms with Crippen molar-refractivity contribution in [3.63, 3.8) is 0 Å². The van der Waals surface area contributed by atoms with E-state index in [9.17, 15) is 13.2 Å². The first-order valence-electron chi connectivity index (χ1n) is 8.33. The molecule has 1 aromatic heterocycles. The maximum absolute atomic E-state index is 12.9. The van der Waals surface area contributed by atoms with Crippen molar-refractivity contribution < 1.29 is 13.2 Å². The van der Waals surface area contributed by atoms with Gasteiger partial charge in [-0.05, 0) is 30.2 Å². The molecule has 0 fully saturated rings. The summed E-state index contributed by atoms with van der Waals surface area (Å²) in [5.41, 5.74) is 2.18. The van der Waals surface area contributed by atoms with Crippen LogP contribution in [-0.4, -0.2) is 21.0 Å². The van der Waals surface area contributed by atoms with E-state index in [1.165, 1.54) is 12.1 Å². The van der Waals surface area contributed by atoms with Gasteiger partial charge in [0.1, 0.15) is 5.82 Å². The van der Waals surface area contributed by atoms with E-state index in [1.807, 2.05) is 18.2 Å². The molecule has 0 saturated heterocycles. The third-order valence-corrected chi connectivity index (χ3v) is 4.62. The summed E-state index contributed by atoms with van der Waals surface area (Å²) in [5, 5.41) is 0. The van der Waals surface area contributed by atoms with Gasteiger partial charge in [-0.3, -0.25) is 4.90 Å². The Hall–Kier alpha value is -2.34. The van der Waals surface area contributed by atoms with E-state index in [-0.39, 0.29) is 0 Å². The van der Waals surface area contributed by atoms with Crippen LogP contribution in [0.15, 0.2) is 48.5 Å². The molecule has 0 N–H and O–H groups in total. The summed E-state index contributed by atoms with van der Waals surface area (Å²) in [6.45, 7) is 2.86. The Morgan fingerprint density at radius 2 is 1.84 bits per heavy atom. The number of aryl methyl sites for hydroxylation is 1. The van der Waals surface area contributed by atoms with Crippen LogP contribution in [0.2, 0.25) is 0 Å². The number of halogens is 3. The molecule has 0 spiro atoms. The lowest BCUT2D eigenvalue weighted by Crippen LogP contribution is -2.23. The molecular weight excluding hydrogens is 327 g/mol. The van der Waals surface area contributed by atoms with Crippen molar-refractivity contribution in [2.45, 2.75) is 32.2 Å². The van der Waals surface area contributed by atoms with Gasteiger partial charge in [-0.15, -0.1) is 0 Å². The van der Waals surface area contributed by atoms with Crippen molar-refractivity contribution in [2.75, 3.05) is 6.54 Å². The quantitative estimate of drug-likeness (QED) is 0.684. The molecule has 0 atom stereocenters. The molecule has 3 aromatic rings. The summed E-state index contributed by atoms with van der Waals surface area (Å²) < 4.78 is 40.9. The number of nitrogens with zero attached hydrogens (tertiary/aromatic N) is 3. The van der Waals surface area contributed by atoms with E-state index >= 15 is 0 Å². The van der Waals surface area contributed by atoms with Crippen molar-refractivity contribution in [3.05, 3.63) is 65.5 Å². The summed E-state index contributed by atoms with van der Waals surface area (Å²) in [6.07, 6.45) is -3.35. The second-order valence-corrected chi connectivity index (χ2v) is 6.43. The van der Waals surface area contributed by atoms with Crippen LogP contribution in [0.1, 0.15) is 23.4 Å². The highest BCUT2D eigenvalue weighted by molar-refractivity contribution is 5.75. The van der Waals surface area contributed by atoms with Gasteiger partial charge in [0, 0.05) is 19.6 Å². The lowest BCUT2D eigenvalue weighted by atomic mass is 10.1. The number of hydrogen-bond donors (Lipinski definition) is 0. The minimum atomic E-state index is -4.30. The molecule has 130 valence electrons. The van der Waals surface area contributed by atoms with Crippen LogP contribution >= 0.6 is 0 Å². The number of hydrogen-bond acceptors (Lipinski definition) is 2. The Balaban J connectivity index is 1.58. The van der Waals surface area contributed by atoms with E-state index in [4.69, 9.17) is 4.98 Å². The average Bonchev–Trinajstić information content (AvgIpc) is 2.80. The Morgan fingerprint density at radius 3 is 2.68 bits per heavy atom. The molecule has 0 saturated carbocycles. The van der Waals surface area contributed by atoms with Crippen LogP contribution in [0.4, 0.5) is 13.2 Å². The molecule has 2 heterocycles. The van der Waals surface area contributed by atoms with Crippen molar-refractivity contribution >= 4 is 11.0 Å². The largest absolute Gasteiger partial charge is 0.416 e. The lowest BCUT2D eigenvalue weighted by molar-refractivity contribution is -0.137. The highest BCUT2D eigenvalue weighted by Crippen LogP contribution is 2.30. The molecule has 3 nitrogen and oxygen atoms in total. The Morgan fingerprint density at radius 1 is 1.00 bits per heavy atom. The van der Waals surface area contributed by atoms with Crippen LogP contribution in [0.25, 0.3) is 11.0 Å². The van der Waals surface area contributed by atoms with Crippen molar-refractivity contribution in [2.24, 2.45) is 0 Å². The second kappa shape index (κ2) is 6.19. The number of rotatable bonds is 2. The van der Waals surface area contributed by atoms with E-state index in [1.54, 1.807) is 6.07 Å². The van der Waals surface area contributed by atoms with Crippen LogP contribution in [-0.2, 0) is 25.8 Å². The standard InChI is InChI=1S/C19H18F3N3/c20-19(21,22)15-6-3-5-14(11-15)12-24-9-4-10-25-17-8-2-1-7-16(17)23-18(25)13-24/h1-3,5-8,11H,4,9-10,12-13H2. The van der Waals surface area contributed by atoms with Gasteiger partial charge in [0.2, 0.25) is 0 Å². The third-order valence-electron chi connectivity index (χ3n) is 4.62. The molecule has 0 aliphatic carbocycles. The third kappa shape index (κ3) is 3.26. The molecule has 6 heteroatoms. The van der Waals surface area contributed by atoms with Gasteiger partial charge in [-0.1, -0.05) is 30.3 Å². The number of fused-ring (bicyclic) bond motifs is 3. The normalized spacial score (nSPS) is 16.0. The van der Waals surface area contributed by atoms with Crippen molar-refractivity contribution in [3.8, 4) is 0 Å². The van der Waals surface area contributed by atoms with Crippen LogP contribution < -0.4 is 0 Å². The molecule has 0 bridgehead atoms. The average molecular weight is 345 g/mol. The summed E-state index contributed by atoms with van der Waals surface area (Å²) in [5.74, 6) is 0.977. The summed E-state index contributed by atoms with van der Waals surface area (Å²) >= 11 is 0. The van der Waals surface area contributed by atoms with Gasteiger partial charge < -0.3 is 4.57 Å². The topological polar surface area (TPSA) is 21.1 Å². The fourth-order valence-electron chi connectivity index (χ4n) is 3.47. The summed E-state index contributed by atoms with van der Waals surface area (Å²) in [7, 11) is 0. The number of para-hydroxylation sites is 2. The molecule has 1 aliphatic rings. The molecular formula is C19H18F3N3. The molecule has 1 aliphatic heterocycles. The Bertz CT molecular complexity index is 898. The summed E-state index contributed by atoms with van der Waals surface area (Å²) in [4.78, 5) is 6.87. The highest BCUT2D eigenvalue weighted by Gasteiger charge is 2.30. The fourth-order valence-corrected chi connectivity index (χ4v) is 3.47. The maximum atomic E-state index is 12.9. The van der Waals surface area contributed by atoms with Crippen molar-refractivity contribution in [1.29, 1.82) is 0 Å². The minimum absolute atomic E-state index is 0.493. The van der Waals surface area contributed by atoms with E-state index in [0.29, 0.717) is 18.7 Å². The van der Waals surface area contributed by atoms with Crippen LogP contribution in [0.5, 0.6) is 0 Å². The van der Waals surface area contributed by atoms with Gasteiger partial charge in [-0.2, -0.15) is 13.2 Å². The van der Waals surface area contributed by atoms with E-state index in [0.717, 1.165) is 42.4 Å². The van der Waals surface area contributed by atoms with E-state index < -0.39 is 11.7 Å². The van der Waals surface area contributed by atoms with Gasteiger partial charge >= 0.3 is 6.18 Å². The zero-order valence-electron chi connectivity index (χ0n) is 13.6. The number of benzene rings is 2. The smallest absolute Gasteiger partial charge is 0.327 e. The zero-order valence-corrected chi connectivity index (χ0v) is 13.6. The zero-order chi connectivity index (χ0) is 17.4. The molecule has 0 radical (unpaired) electrons. The first-order valence-corrected chi connectivity index (χ1v) is 8.33. The van der Waals surface area contributed by atoms with Crippen LogP contribution in [0, 0.1) is 0 Å². The predicted molar refractivity (Wildman–Crippen MR) is 89.9 cm³/mol. The fraction of sp³-hybridized carbons (Fsp3) is 0.316. The number of imidazole rings is 1. The predicted octanol–water partition coefficient (Wildman–Crippen LogP) is 4.46. The van der Waals surface area contributed by atoms with Gasteiger partial charge in [-0.25, -0.2) is 4.98 Å². The molecule has 2 aromatic carbocycles. The van der Waals surface area contributed by atoms with Crippen LogP contribution in [0.3, 0.4) is 0 Å². The first-order chi connectivity index (χ1) is 12.0. The first kappa shape index (κ1) is 16.1. The summed E-state index contributed by atoms with van der Waals surface area (Å²) in [6, 6.07) is 13.6. The van der Waals surface area contributed by atoms with Gasteiger partial charge in [0.25, 0.3) is 0 Å². The van der Waals surface area contributed by atoms with Crippen molar-refractivity contribution in [1.82, 2.24) is 14.5 Å². The molecule has 25 heavy (non-hydrogen) atoms. The minimum Gasteiger partial charge on any atom is -0.327 e. The highest BCUT2D eigenvalue weighted by atomic mass is 19.4. The van der Waals surface area contributed by atoms with E-state index in [2.05, 4.69) is 15.5 Å². The molecule has 0 amide bonds. The Kier molecular flexibility index (Phi) is 4.00. The SMILES string of the molecule is FC(F)(F)c1cccc(CN2CCCn3c(nc4ccccc43)C2)c1.